The highest BCUT2D eigenvalue weighted by Gasteiger charge is 2.28. The summed E-state index contributed by atoms with van der Waals surface area (Å²) >= 11 is 0. The number of hydrogen-bond acceptors (Lipinski definition) is 16. The number of amides is 2. The molecule has 108 heavy (non-hydrogen) atoms. The number of ether oxygens (including phenoxy) is 4. The molecule has 2 aromatic rings. The van der Waals surface area contributed by atoms with Gasteiger partial charge < -0.3 is 48.4 Å². The number of nitrogens with one attached hydrogen (secondary N) is 2. The summed E-state index contributed by atoms with van der Waals surface area (Å²) in [5.41, 5.74) is 0.725. The smallest absolute Gasteiger partial charge is 0.330 e. The summed E-state index contributed by atoms with van der Waals surface area (Å²) in [4.78, 5) is 109. The maximum absolute atomic E-state index is 13.5. The van der Waals surface area contributed by atoms with Crippen LogP contribution in [-0.2, 0) is 56.3 Å². The number of nitrogens with zero attached hydrogens (tertiary/aromatic N) is 2. The van der Waals surface area contributed by atoms with Crippen molar-refractivity contribution >= 4 is 50.9 Å². The lowest BCUT2D eigenvalue weighted by molar-refractivity contribution is -0.161. The third-order valence-electron chi connectivity index (χ3n) is 20.0. The lowest BCUT2D eigenvalue weighted by Crippen LogP contribution is -2.30. The van der Waals surface area contributed by atoms with Gasteiger partial charge in [-0.15, -0.1) is 0 Å². The van der Waals surface area contributed by atoms with Crippen molar-refractivity contribution in [2.24, 2.45) is 0 Å². The fourth-order valence-corrected chi connectivity index (χ4v) is 15.0. The molecular formula is C86H152N4O16P2. The minimum absolute atomic E-state index is 0.134. The molecular weight excluding hydrogens is 1410 g/mol. The quantitative estimate of drug-likeness (QED) is 0.0207. The molecule has 0 radical (unpaired) electrons. The van der Waals surface area contributed by atoms with E-state index in [1.165, 1.54) is 268 Å². The second-order valence-corrected chi connectivity index (χ2v) is 34.2. The van der Waals surface area contributed by atoms with Gasteiger partial charge in [0.25, 0.3) is 11.8 Å². The number of unbranched alkanes of at least 4 members (excludes halogenated alkanes) is 48. The summed E-state index contributed by atoms with van der Waals surface area (Å²) in [7, 11) is -8.77. The fraction of sp³-hybridized carbons (Fsp3) is 0.814. The predicted octanol–water partition coefficient (Wildman–Crippen LogP) is 22.8. The summed E-state index contributed by atoms with van der Waals surface area (Å²) in [6, 6.07) is 5.77. The Kier molecular flexibility index (Phi) is 63.7. The number of rotatable bonds is 77. The summed E-state index contributed by atoms with van der Waals surface area (Å²) in [5.74, 6) is -3.11. The van der Waals surface area contributed by atoms with Gasteiger partial charge in [0.2, 0.25) is 0 Å². The number of esters is 4. The van der Waals surface area contributed by atoms with Crippen LogP contribution in [-0.4, -0.2) is 119 Å². The van der Waals surface area contributed by atoms with E-state index in [-0.39, 0.29) is 74.5 Å². The first kappa shape index (κ1) is 99.5. The highest BCUT2D eigenvalue weighted by molar-refractivity contribution is 7.53. The fourth-order valence-electron chi connectivity index (χ4n) is 13.2. The molecule has 0 saturated carbocycles. The number of carbonyl (C=O) groups excluding carboxylic acids is 6. The zero-order valence-corrected chi connectivity index (χ0v) is 70.1. The highest BCUT2D eigenvalue weighted by Crippen LogP contribution is 2.42. The SMILES string of the molecule is CCCCCCCCCCCCCCCC(=O)OCC(COP(=O)(O)CCNC(=O)c1ccnc(-c2cc(C(=O)NCCP(=O)(O)OCC(COC(=O)CCCCCCCCCCCCCCC)OC(=O)CCCCCCCCCCCCCCC)ccn2)c1)OC(=O)CCCCCCCCCCCCCCC. The van der Waals surface area contributed by atoms with Crippen molar-refractivity contribution in [3.8, 4) is 11.4 Å². The zero-order valence-electron chi connectivity index (χ0n) is 68.3. The Bertz CT molecular complexity index is 2510. The van der Waals surface area contributed by atoms with Gasteiger partial charge in [-0.25, -0.2) is 0 Å². The van der Waals surface area contributed by atoms with E-state index >= 15 is 0 Å². The molecule has 2 rings (SSSR count). The number of hydrogen-bond donors (Lipinski definition) is 4. The zero-order chi connectivity index (χ0) is 78.5. The minimum atomic E-state index is -4.38. The van der Waals surface area contributed by atoms with Gasteiger partial charge in [0.05, 0.1) is 36.9 Å². The van der Waals surface area contributed by atoms with E-state index in [0.717, 1.165) is 77.0 Å². The monoisotopic (exact) mass is 1560 g/mol. The van der Waals surface area contributed by atoms with Gasteiger partial charge in [0.1, 0.15) is 13.2 Å². The van der Waals surface area contributed by atoms with E-state index in [9.17, 15) is 47.7 Å². The molecule has 0 spiro atoms. The molecule has 0 bridgehead atoms. The summed E-state index contributed by atoms with van der Waals surface area (Å²) < 4.78 is 60.1. The van der Waals surface area contributed by atoms with Gasteiger partial charge in [0, 0.05) is 62.3 Å². The minimum Gasteiger partial charge on any atom is -0.462 e. The molecule has 4 N–H and O–H groups in total. The predicted molar refractivity (Wildman–Crippen MR) is 436 cm³/mol. The van der Waals surface area contributed by atoms with E-state index in [4.69, 9.17) is 28.0 Å². The van der Waals surface area contributed by atoms with Gasteiger partial charge >= 0.3 is 39.1 Å². The highest BCUT2D eigenvalue weighted by atomic mass is 31.2. The number of pyridine rings is 2. The van der Waals surface area contributed by atoms with Crippen LogP contribution in [0.25, 0.3) is 11.4 Å². The van der Waals surface area contributed by atoms with Gasteiger partial charge in [-0.1, -0.05) is 336 Å². The Morgan fingerprint density at radius 3 is 0.796 bits per heavy atom. The van der Waals surface area contributed by atoms with Crippen LogP contribution in [0, 0.1) is 0 Å². The maximum Gasteiger partial charge on any atom is 0.330 e. The van der Waals surface area contributed by atoms with E-state index in [2.05, 4.69) is 48.3 Å². The molecule has 4 unspecified atom stereocenters. The van der Waals surface area contributed by atoms with Crippen molar-refractivity contribution in [1.82, 2.24) is 20.6 Å². The Labute approximate surface area is 654 Å². The van der Waals surface area contributed by atoms with Gasteiger partial charge in [0.15, 0.2) is 12.2 Å². The Balaban J connectivity index is 1.94. The lowest BCUT2D eigenvalue weighted by Gasteiger charge is -2.20. The van der Waals surface area contributed by atoms with Crippen LogP contribution >= 0.6 is 15.2 Å². The third kappa shape index (κ3) is 59.2. The Morgan fingerprint density at radius 1 is 0.333 bits per heavy atom. The van der Waals surface area contributed by atoms with Crippen LogP contribution in [0.2, 0.25) is 0 Å². The van der Waals surface area contributed by atoms with Crippen molar-refractivity contribution < 1.29 is 75.7 Å². The number of carbonyl (C=O) groups is 6. The molecule has 2 amide bonds. The molecule has 0 aliphatic rings. The molecule has 4 atom stereocenters. The van der Waals surface area contributed by atoms with Crippen molar-refractivity contribution in [3.63, 3.8) is 0 Å². The molecule has 0 saturated heterocycles. The van der Waals surface area contributed by atoms with E-state index in [0.29, 0.717) is 25.7 Å². The van der Waals surface area contributed by atoms with Gasteiger partial charge in [-0.05, 0) is 49.9 Å². The topological polar surface area (TPSA) is 282 Å². The first-order chi connectivity index (χ1) is 52.5. The Hall–Kier alpha value is -4.58. The van der Waals surface area contributed by atoms with Gasteiger partial charge in [-0.3, -0.25) is 47.9 Å². The molecule has 0 aliphatic heterocycles. The molecule has 2 heterocycles. The summed E-state index contributed by atoms with van der Waals surface area (Å²) in [6.45, 7) is 6.71. The van der Waals surface area contributed by atoms with Crippen LogP contribution in [0.1, 0.15) is 408 Å². The molecule has 0 aliphatic carbocycles. The van der Waals surface area contributed by atoms with Crippen LogP contribution in [0.3, 0.4) is 0 Å². The van der Waals surface area contributed by atoms with Gasteiger partial charge in [-0.2, -0.15) is 0 Å². The average Bonchev–Trinajstić information content (AvgIpc) is 0.833. The van der Waals surface area contributed by atoms with E-state index < -0.39 is 88.6 Å². The Morgan fingerprint density at radius 2 is 0.556 bits per heavy atom. The molecule has 22 heteroatoms. The van der Waals surface area contributed by atoms with Crippen LogP contribution in [0.15, 0.2) is 36.7 Å². The molecule has 622 valence electrons. The van der Waals surface area contributed by atoms with Crippen LogP contribution < -0.4 is 10.6 Å². The maximum atomic E-state index is 13.5. The standard InChI is InChI=1S/C86H152N4O16P2/c1-5-9-13-17-21-25-29-33-37-41-45-49-53-57-81(91)101-71-77(105-83(93)59-55-51-47-43-39-35-31-27-23-19-15-11-7-3)73-103-107(97,98)67-65-89-85(95)75-61-63-87-79(69-75)80-70-76(62-64-88-80)86(96)90-66-68-108(99,100)104-74-78(106-84(94)60-56-52-48-44-40-36-32-28-24-20-16-12-8-4)72-102-82(92)58-54-50-46-42-38-34-30-26-22-18-14-10-6-2/h61-64,69-70,77-78H,5-60,65-68,71-74H2,1-4H3,(H,89,95)(H,90,96)(H,97,98)(H,99,100). The molecule has 0 aromatic carbocycles. The van der Waals surface area contributed by atoms with E-state index in [1.54, 1.807) is 0 Å². The van der Waals surface area contributed by atoms with Crippen molar-refractivity contribution in [1.29, 1.82) is 0 Å². The second kappa shape index (κ2) is 69.2. The van der Waals surface area contributed by atoms with Crippen molar-refractivity contribution in [3.05, 3.63) is 47.8 Å². The van der Waals surface area contributed by atoms with Crippen molar-refractivity contribution in [2.75, 3.05) is 51.8 Å². The largest absolute Gasteiger partial charge is 0.462 e. The van der Waals surface area contributed by atoms with E-state index in [1.807, 2.05) is 0 Å². The summed E-state index contributed by atoms with van der Waals surface area (Å²) in [6.07, 6.45) is 61.0. The number of aromatic nitrogens is 2. The molecule has 20 nitrogen and oxygen atoms in total. The van der Waals surface area contributed by atoms with Crippen LogP contribution in [0.5, 0.6) is 0 Å². The third-order valence-corrected chi connectivity index (χ3v) is 22.7. The normalized spacial score (nSPS) is 13.1. The first-order valence-electron chi connectivity index (χ1n) is 43.6. The molecule has 0 fully saturated rings. The average molecular weight is 1560 g/mol. The lowest BCUT2D eigenvalue weighted by atomic mass is 10.0. The second-order valence-electron chi connectivity index (χ2n) is 30.2. The summed E-state index contributed by atoms with van der Waals surface area (Å²) in [5, 5.41) is 5.26. The van der Waals surface area contributed by atoms with Crippen LogP contribution in [0.4, 0.5) is 0 Å². The molecule has 2 aromatic heterocycles. The van der Waals surface area contributed by atoms with Crippen molar-refractivity contribution in [2.45, 2.75) is 399 Å². The first-order valence-corrected chi connectivity index (χ1v) is 47.2.